The van der Waals surface area contributed by atoms with Crippen LogP contribution in [0.3, 0.4) is 0 Å². The number of benzene rings is 1. The van der Waals surface area contributed by atoms with Gasteiger partial charge in [-0.1, -0.05) is 33.3 Å². The van der Waals surface area contributed by atoms with Crippen LogP contribution in [-0.4, -0.2) is 55.9 Å². The molecule has 7 heteroatoms. The first-order valence-corrected chi connectivity index (χ1v) is 10.8. The van der Waals surface area contributed by atoms with E-state index in [9.17, 15) is 9.59 Å². The summed E-state index contributed by atoms with van der Waals surface area (Å²) in [7, 11) is 3.05. The van der Waals surface area contributed by atoms with Crippen molar-refractivity contribution < 1.29 is 23.8 Å². The van der Waals surface area contributed by atoms with Gasteiger partial charge in [0.1, 0.15) is 28.8 Å². The van der Waals surface area contributed by atoms with Gasteiger partial charge in [0.2, 0.25) is 5.91 Å². The fourth-order valence-corrected chi connectivity index (χ4v) is 4.61. The molecule has 166 valence electrons. The Hall–Kier alpha value is -2.28. The summed E-state index contributed by atoms with van der Waals surface area (Å²) in [5.41, 5.74) is -0.451. The van der Waals surface area contributed by atoms with Crippen LogP contribution in [0.1, 0.15) is 56.8 Å². The zero-order valence-corrected chi connectivity index (χ0v) is 18.7. The second-order valence-electron chi connectivity index (χ2n) is 8.83. The summed E-state index contributed by atoms with van der Waals surface area (Å²) in [6, 6.07) is 4.56. The van der Waals surface area contributed by atoms with Crippen molar-refractivity contribution in [3.63, 3.8) is 0 Å². The van der Waals surface area contributed by atoms with Gasteiger partial charge in [0.25, 0.3) is 5.91 Å². The Morgan fingerprint density at radius 1 is 1.27 bits per heavy atom. The molecule has 1 saturated carbocycles. The number of nitrogens with one attached hydrogen (secondary N) is 1. The lowest BCUT2D eigenvalue weighted by Crippen LogP contribution is -2.57. The van der Waals surface area contributed by atoms with E-state index in [-0.39, 0.29) is 18.4 Å². The van der Waals surface area contributed by atoms with Gasteiger partial charge in [0, 0.05) is 6.54 Å². The predicted molar refractivity (Wildman–Crippen MR) is 114 cm³/mol. The minimum absolute atomic E-state index is 0.180. The third-order valence-corrected chi connectivity index (χ3v) is 6.04. The van der Waals surface area contributed by atoms with Gasteiger partial charge in [-0.15, -0.1) is 0 Å². The van der Waals surface area contributed by atoms with Crippen LogP contribution in [0.25, 0.3) is 0 Å². The number of nitrogens with zero attached hydrogens (tertiary/aromatic N) is 1. The molecule has 1 aromatic rings. The maximum Gasteiger partial charge on any atom is 0.264 e. The summed E-state index contributed by atoms with van der Waals surface area (Å²) in [5.74, 6) is 1.10. The number of hydrogen-bond donors (Lipinski definition) is 1. The van der Waals surface area contributed by atoms with E-state index in [1.165, 1.54) is 14.2 Å². The Morgan fingerprint density at radius 2 is 1.93 bits per heavy atom. The zero-order chi connectivity index (χ0) is 21.9. The first-order chi connectivity index (χ1) is 14.3. The standard InChI is InChI=1S/C23H34N2O5/c1-15(2)13-24-21(26)17-14-30-23(11-7-8-16(3)12-23)25(17)22(27)20-18(28-4)9-6-10-19(20)29-5/h6,9-10,15-17H,7-8,11-14H2,1-5H3,(H,24,26)/t16-,17+,23-/m1/s1. The van der Waals surface area contributed by atoms with Crippen LogP contribution in [0.15, 0.2) is 18.2 Å². The molecule has 1 saturated heterocycles. The Kier molecular flexibility index (Phi) is 6.91. The monoisotopic (exact) mass is 418 g/mol. The quantitative estimate of drug-likeness (QED) is 0.768. The Bertz CT molecular complexity index is 759. The van der Waals surface area contributed by atoms with Gasteiger partial charge in [-0.25, -0.2) is 0 Å². The van der Waals surface area contributed by atoms with Gasteiger partial charge in [0.15, 0.2) is 0 Å². The van der Waals surface area contributed by atoms with E-state index in [0.717, 1.165) is 12.8 Å². The molecule has 1 aliphatic carbocycles. The second-order valence-corrected chi connectivity index (χ2v) is 8.83. The van der Waals surface area contributed by atoms with Crippen LogP contribution in [0.4, 0.5) is 0 Å². The molecule has 1 aliphatic heterocycles. The summed E-state index contributed by atoms with van der Waals surface area (Å²) in [4.78, 5) is 28.7. The lowest BCUT2D eigenvalue weighted by atomic mass is 9.82. The van der Waals surface area contributed by atoms with Crippen LogP contribution in [0.2, 0.25) is 0 Å². The van der Waals surface area contributed by atoms with Crippen LogP contribution in [0.5, 0.6) is 11.5 Å². The summed E-state index contributed by atoms with van der Waals surface area (Å²) in [6.45, 7) is 7.00. The molecule has 3 atom stereocenters. The van der Waals surface area contributed by atoms with E-state index in [2.05, 4.69) is 12.2 Å². The molecule has 30 heavy (non-hydrogen) atoms. The van der Waals surface area contributed by atoms with Crippen molar-refractivity contribution in [1.82, 2.24) is 10.2 Å². The molecule has 1 aromatic carbocycles. The van der Waals surface area contributed by atoms with Crippen molar-refractivity contribution in [2.75, 3.05) is 27.4 Å². The minimum Gasteiger partial charge on any atom is -0.496 e. The summed E-state index contributed by atoms with van der Waals surface area (Å²) >= 11 is 0. The molecular weight excluding hydrogens is 384 g/mol. The number of carbonyl (C=O) groups excluding carboxylic acids is 2. The molecule has 0 aromatic heterocycles. The van der Waals surface area contributed by atoms with E-state index in [0.29, 0.717) is 48.3 Å². The van der Waals surface area contributed by atoms with E-state index < -0.39 is 11.8 Å². The molecular formula is C23H34N2O5. The first kappa shape index (κ1) is 22.4. The highest BCUT2D eigenvalue weighted by Crippen LogP contribution is 2.45. The van der Waals surface area contributed by atoms with Gasteiger partial charge in [0.05, 0.1) is 20.8 Å². The second kappa shape index (κ2) is 9.25. The zero-order valence-electron chi connectivity index (χ0n) is 18.7. The number of ether oxygens (including phenoxy) is 3. The average molecular weight is 419 g/mol. The lowest BCUT2D eigenvalue weighted by molar-refractivity contribution is -0.128. The predicted octanol–water partition coefficient (Wildman–Crippen LogP) is 3.22. The van der Waals surface area contributed by atoms with Crippen molar-refractivity contribution >= 4 is 11.8 Å². The van der Waals surface area contributed by atoms with Crippen LogP contribution in [-0.2, 0) is 9.53 Å². The van der Waals surface area contributed by atoms with Crippen molar-refractivity contribution in [1.29, 1.82) is 0 Å². The molecule has 2 amide bonds. The summed E-state index contributed by atoms with van der Waals surface area (Å²) < 4.78 is 17.2. The number of methoxy groups -OCH3 is 2. The number of hydrogen-bond acceptors (Lipinski definition) is 5. The van der Waals surface area contributed by atoms with Crippen LogP contribution >= 0.6 is 0 Å². The van der Waals surface area contributed by atoms with Crippen molar-refractivity contribution in [2.24, 2.45) is 11.8 Å². The van der Waals surface area contributed by atoms with Gasteiger partial charge in [-0.3, -0.25) is 14.5 Å². The summed E-state index contributed by atoms with van der Waals surface area (Å²) in [6.07, 6.45) is 3.47. The maximum atomic E-state index is 13.9. The topological polar surface area (TPSA) is 77.1 Å². The number of rotatable bonds is 6. The molecule has 3 rings (SSSR count). The molecule has 1 heterocycles. The van der Waals surface area contributed by atoms with Gasteiger partial charge >= 0.3 is 0 Å². The molecule has 2 fully saturated rings. The largest absolute Gasteiger partial charge is 0.496 e. The van der Waals surface area contributed by atoms with E-state index in [1.54, 1.807) is 23.1 Å². The fourth-order valence-electron chi connectivity index (χ4n) is 4.61. The molecule has 0 radical (unpaired) electrons. The Balaban J connectivity index is 2.02. The third kappa shape index (κ3) is 4.26. The SMILES string of the molecule is COc1cccc(OC)c1C(=O)N1[C@H](C(=O)NCC(C)C)CO[C@@]12CCC[C@@H](C)C2. The van der Waals surface area contributed by atoms with E-state index in [4.69, 9.17) is 14.2 Å². The highest BCUT2D eigenvalue weighted by molar-refractivity contribution is 6.02. The minimum atomic E-state index is -0.777. The molecule has 2 aliphatic rings. The van der Waals surface area contributed by atoms with E-state index >= 15 is 0 Å². The molecule has 1 N–H and O–H groups in total. The lowest BCUT2D eigenvalue weighted by Gasteiger charge is -2.43. The number of carbonyl (C=O) groups is 2. The molecule has 0 bridgehead atoms. The highest BCUT2D eigenvalue weighted by atomic mass is 16.5. The van der Waals surface area contributed by atoms with Crippen LogP contribution in [0, 0.1) is 11.8 Å². The van der Waals surface area contributed by atoms with Crippen molar-refractivity contribution in [2.45, 2.75) is 58.2 Å². The molecule has 1 spiro atoms. The van der Waals surface area contributed by atoms with Gasteiger partial charge < -0.3 is 19.5 Å². The van der Waals surface area contributed by atoms with Crippen molar-refractivity contribution in [3.8, 4) is 11.5 Å². The number of amides is 2. The van der Waals surface area contributed by atoms with Gasteiger partial charge in [-0.05, 0) is 43.2 Å². The Morgan fingerprint density at radius 3 is 2.50 bits per heavy atom. The summed E-state index contributed by atoms with van der Waals surface area (Å²) in [5, 5.41) is 2.98. The normalized spacial score (nSPS) is 26.1. The molecule has 7 nitrogen and oxygen atoms in total. The van der Waals surface area contributed by atoms with Gasteiger partial charge in [-0.2, -0.15) is 0 Å². The van der Waals surface area contributed by atoms with Crippen molar-refractivity contribution in [3.05, 3.63) is 23.8 Å². The maximum absolute atomic E-state index is 13.9. The van der Waals surface area contributed by atoms with Crippen LogP contribution < -0.4 is 14.8 Å². The smallest absolute Gasteiger partial charge is 0.264 e. The van der Waals surface area contributed by atoms with E-state index in [1.807, 2.05) is 13.8 Å². The average Bonchev–Trinajstić information content (AvgIpc) is 3.08. The fraction of sp³-hybridized carbons (Fsp3) is 0.652. The Labute approximate surface area is 179 Å². The highest BCUT2D eigenvalue weighted by Gasteiger charge is 2.54. The molecule has 0 unspecified atom stereocenters. The third-order valence-electron chi connectivity index (χ3n) is 6.04. The first-order valence-electron chi connectivity index (χ1n) is 10.8.